The van der Waals surface area contributed by atoms with Gasteiger partial charge in [0.25, 0.3) is 0 Å². The van der Waals surface area contributed by atoms with Crippen LogP contribution in [0.15, 0.2) is 53.4 Å². The van der Waals surface area contributed by atoms with Gasteiger partial charge in [-0.15, -0.1) is 0 Å². The minimum absolute atomic E-state index is 0.0339. The molecule has 0 aromatic heterocycles. The number of ether oxygens (including phenoxy) is 1. The van der Waals surface area contributed by atoms with Crippen molar-refractivity contribution in [3.8, 4) is 0 Å². The number of hydrogen-bond donors (Lipinski definition) is 1. The molecule has 2 aromatic rings. The average molecular weight is 407 g/mol. The first-order valence-electron chi connectivity index (χ1n) is 8.19. The molecule has 0 spiro atoms. The maximum atomic E-state index is 13.1. The predicted molar refractivity (Wildman–Crippen MR) is 97.9 cm³/mol. The molecule has 2 rings (SSSR count). The van der Waals surface area contributed by atoms with E-state index in [1.54, 1.807) is 0 Å². The van der Waals surface area contributed by atoms with Crippen LogP contribution in [-0.2, 0) is 19.6 Å². The fourth-order valence-corrected chi connectivity index (χ4v) is 3.42. The number of Topliss-reactive ketones (excluding diaryl/α,β-unsaturated/α-hetero) is 2. The highest BCUT2D eigenvalue weighted by Gasteiger charge is 2.24. The lowest BCUT2D eigenvalue weighted by molar-refractivity contribution is -0.144. The molecule has 0 saturated carbocycles. The van der Waals surface area contributed by atoms with Crippen LogP contribution in [0.1, 0.15) is 34.6 Å². The molecule has 9 heteroatoms. The van der Waals surface area contributed by atoms with E-state index in [-0.39, 0.29) is 16.2 Å². The van der Waals surface area contributed by atoms with Crippen LogP contribution in [0.2, 0.25) is 0 Å². The minimum atomic E-state index is -4.04. The van der Waals surface area contributed by atoms with Crippen LogP contribution in [0.25, 0.3) is 0 Å². The zero-order chi connectivity index (χ0) is 20.9. The van der Waals surface area contributed by atoms with Crippen LogP contribution in [-0.4, -0.2) is 38.6 Å². The predicted octanol–water partition coefficient (Wildman–Crippen LogP) is 2.12. The number of sulfonamides is 1. The Hall–Kier alpha value is -2.91. The lowest BCUT2D eigenvalue weighted by Gasteiger charge is -2.14. The summed E-state index contributed by atoms with van der Waals surface area (Å²) >= 11 is 0. The average Bonchev–Trinajstić information content (AvgIpc) is 2.65. The molecule has 0 heterocycles. The van der Waals surface area contributed by atoms with Crippen molar-refractivity contribution in [2.75, 3.05) is 6.61 Å². The molecule has 0 aliphatic heterocycles. The first-order valence-corrected chi connectivity index (χ1v) is 9.67. The van der Waals surface area contributed by atoms with Gasteiger partial charge in [0, 0.05) is 11.1 Å². The summed E-state index contributed by atoms with van der Waals surface area (Å²) in [5.74, 6) is -2.40. The van der Waals surface area contributed by atoms with Gasteiger partial charge < -0.3 is 4.74 Å². The summed E-state index contributed by atoms with van der Waals surface area (Å²) in [6.45, 7) is 1.96. The van der Waals surface area contributed by atoms with Gasteiger partial charge >= 0.3 is 5.97 Å². The third-order valence-corrected chi connectivity index (χ3v) is 5.31. The summed E-state index contributed by atoms with van der Waals surface area (Å²) in [7, 11) is -4.04. The van der Waals surface area contributed by atoms with Crippen LogP contribution in [0.3, 0.4) is 0 Å². The van der Waals surface area contributed by atoms with E-state index in [2.05, 4.69) is 4.72 Å². The van der Waals surface area contributed by atoms with Crippen molar-refractivity contribution in [3.05, 3.63) is 65.5 Å². The first kappa shape index (κ1) is 21.4. The van der Waals surface area contributed by atoms with Crippen LogP contribution >= 0.6 is 0 Å². The Morgan fingerprint density at radius 2 is 1.71 bits per heavy atom. The molecule has 0 amide bonds. The van der Waals surface area contributed by atoms with Crippen LogP contribution < -0.4 is 4.72 Å². The van der Waals surface area contributed by atoms with Crippen molar-refractivity contribution >= 4 is 27.6 Å². The Kier molecular flexibility index (Phi) is 6.76. The van der Waals surface area contributed by atoms with Crippen molar-refractivity contribution in [2.45, 2.75) is 24.8 Å². The van der Waals surface area contributed by atoms with Gasteiger partial charge in [-0.05, 0) is 38.1 Å². The summed E-state index contributed by atoms with van der Waals surface area (Å²) in [6.07, 6.45) is 0. The molecule has 1 atom stereocenters. The molecule has 0 bridgehead atoms. The van der Waals surface area contributed by atoms with Gasteiger partial charge in [-0.3, -0.25) is 14.4 Å². The standard InChI is InChI=1S/C19H18FNO6S/c1-12(19(24)27-11-18(23)15-4-3-5-16(20)10-15)21-28(25,26)17-8-6-14(7-9-17)13(2)22/h3-10,12,21H,11H2,1-2H3/t12-/m0/s1. The number of benzene rings is 2. The van der Waals surface area contributed by atoms with E-state index in [1.165, 1.54) is 56.3 Å². The molecule has 0 unspecified atom stereocenters. The van der Waals surface area contributed by atoms with E-state index in [4.69, 9.17) is 4.74 Å². The molecule has 2 aromatic carbocycles. The SMILES string of the molecule is CC(=O)c1ccc(S(=O)(=O)N[C@@H](C)C(=O)OCC(=O)c2cccc(F)c2)cc1. The molecule has 0 fully saturated rings. The maximum Gasteiger partial charge on any atom is 0.324 e. The van der Waals surface area contributed by atoms with E-state index in [1.807, 2.05) is 0 Å². The summed E-state index contributed by atoms with van der Waals surface area (Å²) < 4.78 is 44.7. The number of ketones is 2. The number of hydrogen-bond acceptors (Lipinski definition) is 6. The van der Waals surface area contributed by atoms with E-state index in [0.29, 0.717) is 5.56 Å². The van der Waals surface area contributed by atoms with E-state index >= 15 is 0 Å². The van der Waals surface area contributed by atoms with Crippen LogP contribution in [0.4, 0.5) is 4.39 Å². The Balaban J connectivity index is 1.97. The molecule has 7 nitrogen and oxygen atoms in total. The molecule has 28 heavy (non-hydrogen) atoms. The molecule has 0 aliphatic carbocycles. The summed E-state index contributed by atoms with van der Waals surface area (Å²) in [4.78, 5) is 35.0. The van der Waals surface area contributed by atoms with Gasteiger partial charge in [-0.25, -0.2) is 12.8 Å². The third kappa shape index (κ3) is 5.54. The Morgan fingerprint density at radius 1 is 1.07 bits per heavy atom. The van der Waals surface area contributed by atoms with Crippen molar-refractivity contribution in [1.82, 2.24) is 4.72 Å². The van der Waals surface area contributed by atoms with Gasteiger partial charge in [-0.2, -0.15) is 4.72 Å². The van der Waals surface area contributed by atoms with Gasteiger partial charge in [-0.1, -0.05) is 24.3 Å². The van der Waals surface area contributed by atoms with Crippen molar-refractivity contribution in [2.24, 2.45) is 0 Å². The van der Waals surface area contributed by atoms with Gasteiger partial charge in [0.15, 0.2) is 18.2 Å². The van der Waals surface area contributed by atoms with Crippen LogP contribution in [0.5, 0.6) is 0 Å². The normalized spacial score (nSPS) is 12.2. The fraction of sp³-hybridized carbons (Fsp3) is 0.211. The number of halogens is 1. The highest BCUT2D eigenvalue weighted by molar-refractivity contribution is 7.89. The van der Waals surface area contributed by atoms with E-state index < -0.39 is 40.2 Å². The molecule has 0 aliphatic rings. The Bertz CT molecular complexity index is 1000. The zero-order valence-electron chi connectivity index (χ0n) is 15.1. The van der Waals surface area contributed by atoms with Crippen molar-refractivity contribution in [3.63, 3.8) is 0 Å². The molecular formula is C19H18FNO6S. The number of nitrogens with one attached hydrogen (secondary N) is 1. The van der Waals surface area contributed by atoms with Gasteiger partial charge in [0.2, 0.25) is 10.0 Å². The molecular weight excluding hydrogens is 389 g/mol. The highest BCUT2D eigenvalue weighted by Crippen LogP contribution is 2.12. The second-order valence-corrected chi connectivity index (χ2v) is 7.68. The third-order valence-electron chi connectivity index (χ3n) is 3.75. The first-order chi connectivity index (χ1) is 13.1. The number of esters is 1. The minimum Gasteiger partial charge on any atom is -0.456 e. The zero-order valence-corrected chi connectivity index (χ0v) is 16.0. The number of carbonyl (C=O) groups is 3. The topological polar surface area (TPSA) is 107 Å². The van der Waals surface area contributed by atoms with E-state index in [0.717, 1.165) is 6.07 Å². The molecule has 0 saturated heterocycles. The Labute approximate surface area is 161 Å². The molecule has 148 valence electrons. The fourth-order valence-electron chi connectivity index (χ4n) is 2.22. The summed E-state index contributed by atoms with van der Waals surface area (Å²) in [5, 5.41) is 0. The number of carbonyl (C=O) groups excluding carboxylic acids is 3. The molecule has 0 radical (unpaired) electrons. The summed E-state index contributed by atoms with van der Waals surface area (Å²) in [6, 6.07) is 8.83. The summed E-state index contributed by atoms with van der Waals surface area (Å²) in [5.41, 5.74) is 0.383. The highest BCUT2D eigenvalue weighted by atomic mass is 32.2. The maximum absolute atomic E-state index is 13.1. The number of rotatable bonds is 8. The quantitative estimate of drug-likeness (QED) is 0.531. The monoisotopic (exact) mass is 407 g/mol. The lowest BCUT2D eigenvalue weighted by Crippen LogP contribution is -2.40. The lowest BCUT2D eigenvalue weighted by atomic mass is 10.1. The van der Waals surface area contributed by atoms with Gasteiger partial charge in [0.1, 0.15) is 11.9 Å². The van der Waals surface area contributed by atoms with Crippen LogP contribution in [0, 0.1) is 5.82 Å². The molecule has 1 N–H and O–H groups in total. The van der Waals surface area contributed by atoms with Crippen molar-refractivity contribution < 1.29 is 31.9 Å². The second kappa shape index (κ2) is 8.85. The second-order valence-electron chi connectivity index (χ2n) is 5.96. The van der Waals surface area contributed by atoms with Gasteiger partial charge in [0.05, 0.1) is 4.90 Å². The van der Waals surface area contributed by atoms with E-state index in [9.17, 15) is 27.2 Å². The largest absolute Gasteiger partial charge is 0.456 e. The smallest absolute Gasteiger partial charge is 0.324 e. The van der Waals surface area contributed by atoms with Crippen molar-refractivity contribution in [1.29, 1.82) is 0 Å². The Morgan fingerprint density at radius 3 is 2.29 bits per heavy atom.